The highest BCUT2D eigenvalue weighted by Gasteiger charge is 2.32. The first-order valence-electron chi connectivity index (χ1n) is 7.68. The lowest BCUT2D eigenvalue weighted by atomic mass is 9.92. The van der Waals surface area contributed by atoms with Crippen LogP contribution in [0.3, 0.4) is 0 Å². The molecule has 0 radical (unpaired) electrons. The Morgan fingerprint density at radius 1 is 1.48 bits per heavy atom. The predicted molar refractivity (Wildman–Crippen MR) is 85.2 cm³/mol. The highest BCUT2D eigenvalue weighted by atomic mass is 79.9. The van der Waals surface area contributed by atoms with Gasteiger partial charge in [-0.2, -0.15) is 5.10 Å². The number of aliphatic carboxylic acids is 1. The number of hydrogen-bond donors (Lipinski definition) is 1. The molecule has 1 saturated heterocycles. The van der Waals surface area contributed by atoms with Crippen LogP contribution in [0.15, 0.2) is 4.47 Å². The average molecular weight is 358 g/mol. The van der Waals surface area contributed by atoms with Crippen LogP contribution in [0.2, 0.25) is 0 Å². The zero-order chi connectivity index (χ0) is 15.6. The Labute approximate surface area is 134 Å². The first-order valence-corrected chi connectivity index (χ1v) is 8.48. The van der Waals surface area contributed by atoms with E-state index >= 15 is 0 Å². The Bertz CT molecular complexity index is 515. The molecule has 6 heteroatoms. The van der Waals surface area contributed by atoms with E-state index in [1.807, 2.05) is 4.68 Å². The second kappa shape index (κ2) is 6.92. The van der Waals surface area contributed by atoms with Gasteiger partial charge in [-0.25, -0.2) is 0 Å². The number of carboxylic acids is 1. The molecule has 2 heterocycles. The van der Waals surface area contributed by atoms with E-state index in [2.05, 4.69) is 46.7 Å². The topological polar surface area (TPSA) is 58.4 Å². The second-order valence-electron chi connectivity index (χ2n) is 5.83. The van der Waals surface area contributed by atoms with Crippen molar-refractivity contribution in [3.63, 3.8) is 0 Å². The smallest absolute Gasteiger partial charge is 0.320 e. The van der Waals surface area contributed by atoms with Crippen LogP contribution in [-0.2, 0) is 24.3 Å². The molecule has 0 aliphatic carbocycles. The van der Waals surface area contributed by atoms with E-state index in [1.165, 1.54) is 0 Å². The number of hydrogen-bond acceptors (Lipinski definition) is 3. The molecule has 1 aromatic heterocycles. The SMILES string of the molecule is CCc1nn(CC)c(CN2CCC(C)CC2C(=O)O)c1Br. The van der Waals surface area contributed by atoms with Gasteiger partial charge in [0.15, 0.2) is 0 Å². The van der Waals surface area contributed by atoms with Crippen molar-refractivity contribution in [1.29, 1.82) is 0 Å². The molecule has 118 valence electrons. The summed E-state index contributed by atoms with van der Waals surface area (Å²) in [5.74, 6) is -0.232. The summed E-state index contributed by atoms with van der Waals surface area (Å²) < 4.78 is 3.02. The van der Waals surface area contributed by atoms with Crippen molar-refractivity contribution >= 4 is 21.9 Å². The van der Waals surface area contributed by atoms with E-state index in [1.54, 1.807) is 0 Å². The van der Waals surface area contributed by atoms with Crippen LogP contribution in [0.25, 0.3) is 0 Å². The van der Waals surface area contributed by atoms with Crippen molar-refractivity contribution in [2.75, 3.05) is 6.54 Å². The molecule has 2 atom stereocenters. The Balaban J connectivity index is 2.23. The van der Waals surface area contributed by atoms with Crippen LogP contribution < -0.4 is 0 Å². The molecule has 0 amide bonds. The van der Waals surface area contributed by atoms with Gasteiger partial charge in [-0.15, -0.1) is 0 Å². The predicted octanol–water partition coefficient (Wildman–Crippen LogP) is 2.91. The molecule has 0 bridgehead atoms. The molecule has 5 nitrogen and oxygen atoms in total. The molecular weight excluding hydrogens is 334 g/mol. The molecular formula is C15H24BrN3O2. The first-order chi connectivity index (χ1) is 9.97. The van der Waals surface area contributed by atoms with Crippen molar-refractivity contribution in [1.82, 2.24) is 14.7 Å². The highest BCUT2D eigenvalue weighted by Crippen LogP contribution is 2.28. The standard InChI is InChI=1S/C15H24BrN3O2/c1-4-11-14(16)13(19(5-2)17-11)9-18-7-6-10(3)8-12(18)15(20)21/h10,12H,4-9H2,1-3H3,(H,20,21). The maximum atomic E-state index is 11.5. The first kappa shape index (κ1) is 16.5. The third-order valence-electron chi connectivity index (χ3n) is 4.31. The summed E-state index contributed by atoms with van der Waals surface area (Å²) in [5.41, 5.74) is 2.14. The Hall–Kier alpha value is -0.880. The molecule has 1 fully saturated rings. The number of halogens is 1. The van der Waals surface area contributed by atoms with Gasteiger partial charge in [0.05, 0.1) is 15.9 Å². The Morgan fingerprint density at radius 2 is 2.19 bits per heavy atom. The monoisotopic (exact) mass is 357 g/mol. The van der Waals surface area contributed by atoms with E-state index in [4.69, 9.17) is 0 Å². The van der Waals surface area contributed by atoms with E-state index in [9.17, 15) is 9.90 Å². The largest absolute Gasteiger partial charge is 0.480 e. The minimum atomic E-state index is -0.712. The van der Waals surface area contributed by atoms with E-state index < -0.39 is 5.97 Å². The van der Waals surface area contributed by atoms with Crippen LogP contribution >= 0.6 is 15.9 Å². The van der Waals surface area contributed by atoms with Gasteiger partial charge in [-0.3, -0.25) is 14.4 Å². The summed E-state index contributed by atoms with van der Waals surface area (Å²) in [7, 11) is 0. The van der Waals surface area contributed by atoms with Crippen LogP contribution in [0.4, 0.5) is 0 Å². The lowest BCUT2D eigenvalue weighted by Crippen LogP contribution is -2.46. The number of aromatic nitrogens is 2. The minimum Gasteiger partial charge on any atom is -0.480 e. The van der Waals surface area contributed by atoms with Gasteiger partial charge >= 0.3 is 5.97 Å². The number of nitrogens with zero attached hydrogens (tertiary/aromatic N) is 3. The fourth-order valence-corrected chi connectivity index (χ4v) is 3.69. The quantitative estimate of drug-likeness (QED) is 0.879. The molecule has 1 aromatic rings. The van der Waals surface area contributed by atoms with Gasteiger partial charge < -0.3 is 5.11 Å². The number of rotatable bonds is 5. The average Bonchev–Trinajstić information content (AvgIpc) is 2.76. The normalized spacial score (nSPS) is 23.4. The van der Waals surface area contributed by atoms with E-state index in [0.717, 1.165) is 48.2 Å². The number of piperidine rings is 1. The van der Waals surface area contributed by atoms with Gasteiger partial charge in [0.1, 0.15) is 6.04 Å². The molecule has 0 saturated carbocycles. The molecule has 2 rings (SSSR count). The number of likely N-dealkylation sites (tertiary alicyclic amines) is 1. The van der Waals surface area contributed by atoms with Crippen LogP contribution in [0.5, 0.6) is 0 Å². The summed E-state index contributed by atoms with van der Waals surface area (Å²) in [6.07, 6.45) is 2.66. The highest BCUT2D eigenvalue weighted by molar-refractivity contribution is 9.10. The molecule has 1 N–H and O–H groups in total. The molecule has 0 spiro atoms. The molecule has 1 aliphatic rings. The lowest BCUT2D eigenvalue weighted by molar-refractivity contribution is -0.145. The van der Waals surface area contributed by atoms with Crippen molar-refractivity contribution in [3.8, 4) is 0 Å². The maximum absolute atomic E-state index is 11.5. The summed E-state index contributed by atoms with van der Waals surface area (Å²) in [6, 6.07) is -0.383. The number of carbonyl (C=O) groups is 1. The van der Waals surface area contributed by atoms with E-state index in [-0.39, 0.29) is 6.04 Å². The molecule has 0 aromatic carbocycles. The fourth-order valence-electron chi connectivity index (χ4n) is 3.00. The van der Waals surface area contributed by atoms with Gasteiger partial charge in [0, 0.05) is 13.1 Å². The fraction of sp³-hybridized carbons (Fsp3) is 0.733. The van der Waals surface area contributed by atoms with Gasteiger partial charge in [0.25, 0.3) is 0 Å². The summed E-state index contributed by atoms with van der Waals surface area (Å²) >= 11 is 3.64. The molecule has 1 aliphatic heterocycles. The van der Waals surface area contributed by atoms with Crippen LogP contribution in [-0.4, -0.2) is 38.3 Å². The minimum absolute atomic E-state index is 0.383. The van der Waals surface area contributed by atoms with Crippen molar-refractivity contribution in [2.45, 2.75) is 59.2 Å². The van der Waals surface area contributed by atoms with E-state index in [0.29, 0.717) is 12.5 Å². The Morgan fingerprint density at radius 3 is 2.76 bits per heavy atom. The van der Waals surface area contributed by atoms with Gasteiger partial charge in [-0.1, -0.05) is 13.8 Å². The second-order valence-corrected chi connectivity index (χ2v) is 6.62. The van der Waals surface area contributed by atoms with Crippen molar-refractivity contribution in [2.24, 2.45) is 5.92 Å². The third kappa shape index (κ3) is 3.48. The lowest BCUT2D eigenvalue weighted by Gasteiger charge is -2.36. The zero-order valence-corrected chi connectivity index (χ0v) is 14.6. The number of aryl methyl sites for hydroxylation is 2. The number of carboxylic acid groups (broad SMARTS) is 1. The van der Waals surface area contributed by atoms with Crippen molar-refractivity contribution < 1.29 is 9.90 Å². The molecule has 2 unspecified atom stereocenters. The van der Waals surface area contributed by atoms with Gasteiger partial charge in [0.2, 0.25) is 0 Å². The maximum Gasteiger partial charge on any atom is 0.320 e. The van der Waals surface area contributed by atoms with Crippen LogP contribution in [0.1, 0.15) is 45.0 Å². The molecule has 21 heavy (non-hydrogen) atoms. The third-order valence-corrected chi connectivity index (χ3v) is 5.22. The Kier molecular flexibility index (Phi) is 5.43. The van der Waals surface area contributed by atoms with Gasteiger partial charge in [-0.05, 0) is 54.6 Å². The van der Waals surface area contributed by atoms with Crippen molar-refractivity contribution in [3.05, 3.63) is 15.9 Å². The summed E-state index contributed by atoms with van der Waals surface area (Å²) in [6.45, 7) is 8.56. The zero-order valence-electron chi connectivity index (χ0n) is 13.0. The van der Waals surface area contributed by atoms with Crippen LogP contribution in [0, 0.1) is 5.92 Å². The summed E-state index contributed by atoms with van der Waals surface area (Å²) in [4.78, 5) is 13.6. The summed E-state index contributed by atoms with van der Waals surface area (Å²) in [5, 5.41) is 14.1.